The highest BCUT2D eigenvalue weighted by Gasteiger charge is 2.26. The molecule has 1 aliphatic heterocycles. The molecule has 160 valence electrons. The van der Waals surface area contributed by atoms with Gasteiger partial charge in [0.25, 0.3) is 0 Å². The van der Waals surface area contributed by atoms with E-state index in [4.69, 9.17) is 13.9 Å². The zero-order valence-electron chi connectivity index (χ0n) is 17.9. The highest BCUT2D eigenvalue weighted by atomic mass is 16.6. The Hall–Kier alpha value is -2.73. The van der Waals surface area contributed by atoms with Gasteiger partial charge < -0.3 is 24.1 Å². The number of furan rings is 1. The van der Waals surface area contributed by atoms with Crippen molar-refractivity contribution in [1.82, 2.24) is 10.2 Å². The maximum Gasteiger partial charge on any atom is 0.410 e. The largest absolute Gasteiger partial charge is 0.492 e. The number of nitrogens with zero attached hydrogens (tertiary/aromatic N) is 1. The van der Waals surface area contributed by atoms with Crippen LogP contribution in [0.5, 0.6) is 5.75 Å². The second-order valence-corrected chi connectivity index (χ2v) is 8.83. The summed E-state index contributed by atoms with van der Waals surface area (Å²) in [6.45, 7) is 8.51. The summed E-state index contributed by atoms with van der Waals surface area (Å²) in [5.41, 5.74) is 0.453. The van der Waals surface area contributed by atoms with Gasteiger partial charge in [0.15, 0.2) is 0 Å². The quantitative estimate of drug-likeness (QED) is 0.603. The number of ether oxygens (including phenoxy) is 2. The van der Waals surface area contributed by atoms with Gasteiger partial charge in [-0.2, -0.15) is 0 Å². The van der Waals surface area contributed by atoms with Gasteiger partial charge in [0.05, 0.1) is 6.26 Å². The Morgan fingerprint density at radius 3 is 2.70 bits per heavy atom. The molecule has 1 amide bonds. The van der Waals surface area contributed by atoms with Crippen molar-refractivity contribution in [3.8, 4) is 5.75 Å². The zero-order chi connectivity index (χ0) is 21.1. The summed E-state index contributed by atoms with van der Waals surface area (Å²) in [5, 5.41) is 6.98. The Balaban J connectivity index is 1.21. The molecule has 0 unspecified atom stereocenters. The molecule has 1 saturated heterocycles. The summed E-state index contributed by atoms with van der Waals surface area (Å²) in [5.74, 6) is 0.867. The van der Waals surface area contributed by atoms with Crippen LogP contribution < -0.4 is 10.1 Å². The smallest absolute Gasteiger partial charge is 0.410 e. The fourth-order valence-electron chi connectivity index (χ4n) is 3.88. The number of amides is 1. The monoisotopic (exact) mass is 410 g/mol. The van der Waals surface area contributed by atoms with Gasteiger partial charge in [-0.1, -0.05) is 6.07 Å². The molecule has 0 saturated carbocycles. The fraction of sp³-hybridized carbons (Fsp3) is 0.458. The van der Waals surface area contributed by atoms with Gasteiger partial charge >= 0.3 is 6.09 Å². The molecule has 0 radical (unpaired) electrons. The summed E-state index contributed by atoms with van der Waals surface area (Å²) in [6, 6.07) is 12.6. The van der Waals surface area contributed by atoms with Crippen molar-refractivity contribution >= 4 is 27.8 Å². The molecule has 0 aliphatic carbocycles. The van der Waals surface area contributed by atoms with Crippen LogP contribution in [0.1, 0.15) is 33.6 Å². The molecule has 6 heteroatoms. The number of fused-ring (bicyclic) bond motifs is 3. The minimum atomic E-state index is -0.448. The number of hydrogen-bond acceptors (Lipinski definition) is 5. The van der Waals surface area contributed by atoms with Crippen molar-refractivity contribution in [2.24, 2.45) is 0 Å². The first-order valence-electron chi connectivity index (χ1n) is 10.6. The minimum Gasteiger partial charge on any atom is -0.492 e. The van der Waals surface area contributed by atoms with Crippen LogP contribution in [0.15, 0.2) is 47.1 Å². The Kier molecular flexibility index (Phi) is 5.86. The van der Waals surface area contributed by atoms with Gasteiger partial charge in [-0.15, -0.1) is 0 Å². The van der Waals surface area contributed by atoms with E-state index in [1.165, 1.54) is 5.39 Å². The average molecular weight is 411 g/mol. The lowest BCUT2D eigenvalue weighted by Gasteiger charge is -2.33. The molecule has 2 heterocycles. The van der Waals surface area contributed by atoms with Crippen LogP contribution in [-0.4, -0.2) is 48.9 Å². The van der Waals surface area contributed by atoms with Crippen LogP contribution in [0, 0.1) is 0 Å². The molecule has 1 N–H and O–H groups in total. The lowest BCUT2D eigenvalue weighted by Crippen LogP contribution is -2.47. The summed E-state index contributed by atoms with van der Waals surface area (Å²) < 4.78 is 16.9. The van der Waals surface area contributed by atoms with E-state index in [1.807, 2.05) is 39.0 Å². The molecule has 3 aromatic rings. The predicted molar refractivity (Wildman–Crippen MR) is 118 cm³/mol. The molecular weight excluding hydrogens is 380 g/mol. The van der Waals surface area contributed by atoms with Gasteiger partial charge in [-0.3, -0.25) is 0 Å². The van der Waals surface area contributed by atoms with Crippen molar-refractivity contribution in [1.29, 1.82) is 0 Å². The topological polar surface area (TPSA) is 63.9 Å². The number of rotatable bonds is 5. The summed E-state index contributed by atoms with van der Waals surface area (Å²) >= 11 is 0. The van der Waals surface area contributed by atoms with E-state index in [2.05, 4.69) is 23.5 Å². The molecule has 1 aromatic heterocycles. The van der Waals surface area contributed by atoms with Gasteiger partial charge in [0, 0.05) is 31.1 Å². The minimum absolute atomic E-state index is 0.215. The third-order valence-electron chi connectivity index (χ3n) is 5.37. The summed E-state index contributed by atoms with van der Waals surface area (Å²) in [7, 11) is 0. The maximum absolute atomic E-state index is 12.1. The molecule has 30 heavy (non-hydrogen) atoms. The molecule has 4 rings (SSSR count). The standard InChI is InChI=1S/C24H30N2O4/c1-24(2,3)30-23(27)26-12-8-18(9-13-26)25-11-15-28-19-5-6-20-17(16-19)4-7-22-21(20)10-14-29-22/h4-7,10,14,16,18,25H,8-9,11-13,15H2,1-3H3. The van der Waals surface area contributed by atoms with Crippen molar-refractivity contribution in [2.45, 2.75) is 45.3 Å². The van der Waals surface area contributed by atoms with Gasteiger partial charge in [-0.05, 0) is 74.7 Å². The normalized spacial score (nSPS) is 15.6. The van der Waals surface area contributed by atoms with E-state index in [0.717, 1.165) is 54.6 Å². The zero-order valence-corrected chi connectivity index (χ0v) is 17.9. The van der Waals surface area contributed by atoms with E-state index in [-0.39, 0.29) is 6.09 Å². The molecule has 0 spiro atoms. The second-order valence-electron chi connectivity index (χ2n) is 8.83. The van der Waals surface area contributed by atoms with Gasteiger partial charge in [0.1, 0.15) is 23.5 Å². The highest BCUT2D eigenvalue weighted by Crippen LogP contribution is 2.29. The molecule has 6 nitrogen and oxygen atoms in total. The molecule has 2 aromatic carbocycles. The van der Waals surface area contributed by atoms with Gasteiger partial charge in [-0.25, -0.2) is 4.79 Å². The maximum atomic E-state index is 12.1. The Bertz CT molecular complexity index is 1010. The third-order valence-corrected chi connectivity index (χ3v) is 5.37. The van der Waals surface area contributed by atoms with Crippen molar-refractivity contribution < 1.29 is 18.7 Å². The van der Waals surface area contributed by atoms with E-state index in [1.54, 1.807) is 11.2 Å². The van der Waals surface area contributed by atoms with Crippen LogP contribution in [-0.2, 0) is 4.74 Å². The number of likely N-dealkylation sites (tertiary alicyclic amines) is 1. The van der Waals surface area contributed by atoms with Crippen molar-refractivity contribution in [3.63, 3.8) is 0 Å². The summed E-state index contributed by atoms with van der Waals surface area (Å²) in [4.78, 5) is 13.9. The second kappa shape index (κ2) is 8.56. The average Bonchev–Trinajstić information content (AvgIpc) is 3.19. The summed E-state index contributed by atoms with van der Waals surface area (Å²) in [6.07, 6.45) is 3.36. The van der Waals surface area contributed by atoms with E-state index in [0.29, 0.717) is 12.6 Å². The van der Waals surface area contributed by atoms with Crippen LogP contribution in [0.2, 0.25) is 0 Å². The Morgan fingerprint density at radius 2 is 1.93 bits per heavy atom. The lowest BCUT2D eigenvalue weighted by atomic mass is 10.1. The highest BCUT2D eigenvalue weighted by molar-refractivity contribution is 6.05. The third kappa shape index (κ3) is 4.87. The van der Waals surface area contributed by atoms with Crippen LogP contribution in [0.3, 0.4) is 0 Å². The number of nitrogens with one attached hydrogen (secondary N) is 1. The Morgan fingerprint density at radius 1 is 1.13 bits per heavy atom. The van der Waals surface area contributed by atoms with Crippen LogP contribution in [0.25, 0.3) is 21.7 Å². The van der Waals surface area contributed by atoms with Crippen LogP contribution in [0.4, 0.5) is 4.79 Å². The number of benzene rings is 2. The van der Waals surface area contributed by atoms with E-state index >= 15 is 0 Å². The first-order chi connectivity index (χ1) is 14.4. The van der Waals surface area contributed by atoms with Crippen molar-refractivity contribution in [2.75, 3.05) is 26.2 Å². The predicted octanol–water partition coefficient (Wildman–Crippen LogP) is 4.95. The molecule has 1 aliphatic rings. The fourth-order valence-corrected chi connectivity index (χ4v) is 3.88. The molecule has 0 atom stereocenters. The lowest BCUT2D eigenvalue weighted by molar-refractivity contribution is 0.0197. The SMILES string of the molecule is CC(C)(C)OC(=O)N1CCC(NCCOc2ccc3c(ccc4occc43)c2)CC1. The van der Waals surface area contributed by atoms with Gasteiger partial charge in [0.2, 0.25) is 0 Å². The Labute approximate surface area is 177 Å². The number of carbonyl (C=O) groups is 1. The molecule has 1 fully saturated rings. The number of hydrogen-bond donors (Lipinski definition) is 1. The van der Waals surface area contributed by atoms with Crippen LogP contribution >= 0.6 is 0 Å². The number of piperidine rings is 1. The number of carbonyl (C=O) groups excluding carboxylic acids is 1. The molecule has 0 bridgehead atoms. The van der Waals surface area contributed by atoms with Crippen molar-refractivity contribution in [3.05, 3.63) is 42.7 Å². The first kappa shape index (κ1) is 20.5. The van der Waals surface area contributed by atoms with E-state index in [9.17, 15) is 4.79 Å². The molecular formula is C24H30N2O4. The first-order valence-corrected chi connectivity index (χ1v) is 10.6. The van der Waals surface area contributed by atoms with E-state index < -0.39 is 5.60 Å².